The van der Waals surface area contributed by atoms with E-state index in [1.54, 1.807) is 12.1 Å². The van der Waals surface area contributed by atoms with Gasteiger partial charge in [0.1, 0.15) is 11.5 Å². The summed E-state index contributed by atoms with van der Waals surface area (Å²) in [5, 5.41) is 11.6. The van der Waals surface area contributed by atoms with Crippen LogP contribution < -0.4 is 5.32 Å². The molecule has 5 heteroatoms. The fourth-order valence-electron chi connectivity index (χ4n) is 2.24. The monoisotopic (exact) mass is 263 g/mol. The molecule has 0 saturated heterocycles. The summed E-state index contributed by atoms with van der Waals surface area (Å²) in [4.78, 5) is 22.6. The number of nitrogens with one attached hydrogen (secondary N) is 1. The maximum atomic E-state index is 11.8. The highest BCUT2D eigenvalue weighted by atomic mass is 16.4. The molecule has 1 heterocycles. The zero-order valence-electron chi connectivity index (χ0n) is 10.8. The van der Waals surface area contributed by atoms with Crippen molar-refractivity contribution >= 4 is 18.0 Å². The van der Waals surface area contributed by atoms with Gasteiger partial charge < -0.3 is 14.8 Å². The maximum absolute atomic E-state index is 11.8. The Hall–Kier alpha value is -2.04. The van der Waals surface area contributed by atoms with E-state index >= 15 is 0 Å². The van der Waals surface area contributed by atoms with Crippen LogP contribution in [0.15, 0.2) is 22.6 Å². The Bertz CT molecular complexity index is 511. The molecule has 0 aliphatic heterocycles. The molecular formula is C14H17NO4. The lowest BCUT2D eigenvalue weighted by Crippen LogP contribution is -2.54. The highest BCUT2D eigenvalue weighted by Crippen LogP contribution is 2.34. The van der Waals surface area contributed by atoms with Gasteiger partial charge in [0.15, 0.2) is 0 Å². The minimum atomic E-state index is -0.884. The number of aryl methyl sites for hydroxylation is 1. The van der Waals surface area contributed by atoms with Crippen LogP contribution in [-0.4, -0.2) is 22.5 Å². The Morgan fingerprint density at radius 2 is 2.21 bits per heavy atom. The summed E-state index contributed by atoms with van der Waals surface area (Å²) in [5.41, 5.74) is -0.563. The van der Waals surface area contributed by atoms with Gasteiger partial charge in [0.05, 0.1) is 12.0 Å². The number of furan rings is 1. The number of carboxylic acid groups (broad SMARTS) is 1. The van der Waals surface area contributed by atoms with Crippen LogP contribution in [0.25, 0.3) is 6.08 Å². The largest absolute Gasteiger partial charge is 0.481 e. The van der Waals surface area contributed by atoms with Crippen LogP contribution in [0, 0.1) is 6.92 Å². The molecule has 102 valence electrons. The van der Waals surface area contributed by atoms with E-state index in [1.807, 2.05) is 13.0 Å². The number of hydrogen-bond donors (Lipinski definition) is 2. The highest BCUT2D eigenvalue weighted by Gasteiger charge is 2.39. The topological polar surface area (TPSA) is 79.5 Å². The molecule has 1 aliphatic rings. The SMILES string of the molecule is Cc1ccc(C=CC(=O)NC2(CC(=O)O)CCC2)o1. The molecule has 0 bridgehead atoms. The van der Waals surface area contributed by atoms with E-state index in [-0.39, 0.29) is 12.3 Å². The van der Waals surface area contributed by atoms with Crippen molar-refractivity contribution in [3.8, 4) is 0 Å². The second-order valence-corrected chi connectivity index (χ2v) is 4.98. The zero-order chi connectivity index (χ0) is 13.9. The molecule has 1 aromatic heterocycles. The van der Waals surface area contributed by atoms with Crippen LogP contribution in [0.1, 0.15) is 37.2 Å². The van der Waals surface area contributed by atoms with Crippen molar-refractivity contribution in [1.29, 1.82) is 0 Å². The molecule has 1 fully saturated rings. The molecule has 1 aromatic rings. The van der Waals surface area contributed by atoms with Gasteiger partial charge in [-0.1, -0.05) is 0 Å². The van der Waals surface area contributed by atoms with Gasteiger partial charge in [-0.2, -0.15) is 0 Å². The fraction of sp³-hybridized carbons (Fsp3) is 0.429. The van der Waals surface area contributed by atoms with Crippen molar-refractivity contribution in [2.24, 2.45) is 0 Å². The number of rotatable bonds is 5. The number of hydrogen-bond acceptors (Lipinski definition) is 3. The lowest BCUT2D eigenvalue weighted by molar-refractivity contribution is -0.140. The zero-order valence-corrected chi connectivity index (χ0v) is 10.8. The maximum Gasteiger partial charge on any atom is 0.305 e. The Morgan fingerprint density at radius 3 is 2.68 bits per heavy atom. The van der Waals surface area contributed by atoms with E-state index in [9.17, 15) is 9.59 Å². The number of aliphatic carboxylic acids is 1. The fourth-order valence-corrected chi connectivity index (χ4v) is 2.24. The minimum absolute atomic E-state index is 0.0214. The molecule has 2 N–H and O–H groups in total. The van der Waals surface area contributed by atoms with Gasteiger partial charge in [-0.15, -0.1) is 0 Å². The van der Waals surface area contributed by atoms with Gasteiger partial charge in [-0.05, 0) is 44.4 Å². The van der Waals surface area contributed by atoms with Crippen molar-refractivity contribution in [2.75, 3.05) is 0 Å². The average molecular weight is 263 g/mol. The number of carboxylic acids is 1. The molecular weight excluding hydrogens is 246 g/mol. The molecule has 19 heavy (non-hydrogen) atoms. The Morgan fingerprint density at radius 1 is 1.47 bits per heavy atom. The lowest BCUT2D eigenvalue weighted by Gasteiger charge is -2.41. The first-order valence-corrected chi connectivity index (χ1v) is 6.28. The summed E-state index contributed by atoms with van der Waals surface area (Å²) in [5.74, 6) is 0.218. The first-order chi connectivity index (χ1) is 8.99. The third kappa shape index (κ3) is 3.47. The van der Waals surface area contributed by atoms with E-state index in [1.165, 1.54) is 6.08 Å². The van der Waals surface area contributed by atoms with Gasteiger partial charge >= 0.3 is 5.97 Å². The van der Waals surface area contributed by atoms with Crippen molar-refractivity contribution in [2.45, 2.75) is 38.1 Å². The second kappa shape index (κ2) is 5.30. The normalized spacial score (nSPS) is 17.1. The molecule has 0 radical (unpaired) electrons. The molecule has 1 aliphatic carbocycles. The van der Waals surface area contributed by atoms with Crippen molar-refractivity contribution in [1.82, 2.24) is 5.32 Å². The van der Waals surface area contributed by atoms with Crippen molar-refractivity contribution in [3.05, 3.63) is 29.7 Å². The molecule has 5 nitrogen and oxygen atoms in total. The third-order valence-corrected chi connectivity index (χ3v) is 3.35. The third-order valence-electron chi connectivity index (χ3n) is 3.35. The Labute approximate surface area is 111 Å². The van der Waals surface area contributed by atoms with Crippen LogP contribution >= 0.6 is 0 Å². The predicted octanol–water partition coefficient (Wildman–Crippen LogP) is 2.11. The van der Waals surface area contributed by atoms with E-state index in [4.69, 9.17) is 9.52 Å². The number of amides is 1. The average Bonchev–Trinajstić information content (AvgIpc) is 2.69. The highest BCUT2D eigenvalue weighted by molar-refractivity contribution is 5.92. The van der Waals surface area contributed by atoms with Crippen LogP contribution in [0.2, 0.25) is 0 Å². The summed E-state index contributed by atoms with van der Waals surface area (Å²) in [7, 11) is 0. The molecule has 1 amide bonds. The van der Waals surface area contributed by atoms with Crippen molar-refractivity contribution < 1.29 is 19.1 Å². The summed E-state index contributed by atoms with van der Waals surface area (Å²) < 4.78 is 5.31. The molecule has 0 unspecified atom stereocenters. The van der Waals surface area contributed by atoms with Gasteiger partial charge in [0, 0.05) is 6.08 Å². The smallest absolute Gasteiger partial charge is 0.305 e. The van der Waals surface area contributed by atoms with Crippen LogP contribution in [0.5, 0.6) is 0 Å². The molecule has 1 saturated carbocycles. The quantitative estimate of drug-likeness (QED) is 0.797. The Kier molecular flexibility index (Phi) is 3.74. The lowest BCUT2D eigenvalue weighted by atomic mass is 9.74. The summed E-state index contributed by atoms with van der Waals surface area (Å²) >= 11 is 0. The Balaban J connectivity index is 1.93. The van der Waals surface area contributed by atoms with E-state index in [0.717, 1.165) is 25.0 Å². The summed E-state index contributed by atoms with van der Waals surface area (Å²) in [6.45, 7) is 1.83. The summed E-state index contributed by atoms with van der Waals surface area (Å²) in [6.07, 6.45) is 5.33. The molecule has 2 rings (SSSR count). The van der Waals surface area contributed by atoms with Gasteiger partial charge in [0.2, 0.25) is 5.91 Å². The van der Waals surface area contributed by atoms with E-state index in [0.29, 0.717) is 5.76 Å². The first-order valence-electron chi connectivity index (χ1n) is 6.28. The van der Waals surface area contributed by atoms with E-state index < -0.39 is 11.5 Å². The molecule has 0 aromatic carbocycles. The summed E-state index contributed by atoms with van der Waals surface area (Å²) in [6, 6.07) is 3.59. The second-order valence-electron chi connectivity index (χ2n) is 4.98. The minimum Gasteiger partial charge on any atom is -0.481 e. The van der Waals surface area contributed by atoms with Crippen molar-refractivity contribution in [3.63, 3.8) is 0 Å². The molecule has 0 spiro atoms. The number of carbonyl (C=O) groups is 2. The van der Waals surface area contributed by atoms with Crippen LogP contribution in [0.4, 0.5) is 0 Å². The van der Waals surface area contributed by atoms with Gasteiger partial charge in [-0.25, -0.2) is 0 Å². The van der Waals surface area contributed by atoms with Crippen LogP contribution in [0.3, 0.4) is 0 Å². The standard InChI is InChI=1S/C14H17NO4/c1-10-3-4-11(19-10)5-6-12(16)15-14(7-2-8-14)9-13(17)18/h3-6H,2,7-9H2,1H3,(H,15,16)(H,17,18). The first kappa shape index (κ1) is 13.4. The molecule has 0 atom stereocenters. The van der Waals surface area contributed by atoms with Crippen LogP contribution in [-0.2, 0) is 9.59 Å². The van der Waals surface area contributed by atoms with E-state index in [2.05, 4.69) is 5.32 Å². The van der Waals surface area contributed by atoms with Gasteiger partial charge in [-0.3, -0.25) is 9.59 Å². The number of carbonyl (C=O) groups excluding carboxylic acids is 1. The van der Waals surface area contributed by atoms with Gasteiger partial charge in [0.25, 0.3) is 0 Å². The predicted molar refractivity (Wildman–Crippen MR) is 69.5 cm³/mol.